The molecule has 1 N–H and O–H groups in total. The lowest BCUT2D eigenvalue weighted by atomic mass is 10.3. The first kappa shape index (κ1) is 13.8. The minimum Gasteiger partial charge on any atom is -0.374 e. The maximum Gasteiger partial charge on any atom is 0.0349 e. The van der Waals surface area contributed by atoms with Gasteiger partial charge in [-0.2, -0.15) is 0 Å². The number of piperazine rings is 1. The normalized spacial score (nSPS) is 15.0. The van der Waals surface area contributed by atoms with Gasteiger partial charge in [-0.1, -0.05) is 19.2 Å². The van der Waals surface area contributed by atoms with Crippen LogP contribution in [0.2, 0.25) is 0 Å². The molecule has 0 aliphatic carbocycles. The van der Waals surface area contributed by atoms with Gasteiger partial charge in [0.15, 0.2) is 0 Å². The molecule has 0 spiro atoms. The molecule has 1 aliphatic heterocycles. The molecule has 0 radical (unpaired) electrons. The molecule has 0 aromatic carbocycles. The van der Waals surface area contributed by atoms with Gasteiger partial charge in [0.1, 0.15) is 0 Å². The van der Waals surface area contributed by atoms with E-state index in [2.05, 4.69) is 34.9 Å². The molecule has 1 heterocycles. The van der Waals surface area contributed by atoms with Crippen LogP contribution in [0, 0.1) is 0 Å². The van der Waals surface area contributed by atoms with Crippen LogP contribution in [-0.4, -0.2) is 49.6 Å². The van der Waals surface area contributed by atoms with Gasteiger partial charge in [-0.25, -0.2) is 0 Å². The van der Waals surface area contributed by atoms with E-state index >= 15 is 0 Å². The van der Waals surface area contributed by atoms with Crippen molar-refractivity contribution in [3.8, 4) is 0 Å². The van der Waals surface area contributed by atoms with E-state index in [4.69, 9.17) is 0 Å². The summed E-state index contributed by atoms with van der Waals surface area (Å²) in [6.45, 7) is 16.1. The first-order valence-electron chi connectivity index (χ1n) is 5.27. The minimum atomic E-state index is 0.903. The second-order valence-electron chi connectivity index (χ2n) is 3.28. The topological polar surface area (TPSA) is 18.5 Å². The molecule has 0 aromatic heterocycles. The van der Waals surface area contributed by atoms with Crippen LogP contribution >= 0.6 is 0 Å². The predicted molar refractivity (Wildman–Crippen MR) is 67.7 cm³/mol. The number of likely N-dealkylation sites (N-methyl/N-ethyl adjacent to an activating group) is 1. The smallest absolute Gasteiger partial charge is 0.0349 e. The maximum absolute atomic E-state index is 3.72. The van der Waals surface area contributed by atoms with Crippen LogP contribution in [0.3, 0.4) is 0 Å². The maximum atomic E-state index is 3.72. The Morgan fingerprint density at radius 1 is 1.00 bits per heavy atom. The molecule has 1 saturated heterocycles. The van der Waals surface area contributed by atoms with Gasteiger partial charge >= 0.3 is 0 Å². The van der Waals surface area contributed by atoms with Crippen molar-refractivity contribution in [3.63, 3.8) is 0 Å². The summed E-state index contributed by atoms with van der Waals surface area (Å²) in [5.41, 5.74) is 0. The van der Waals surface area contributed by atoms with Crippen LogP contribution in [0.4, 0.5) is 0 Å². The molecule has 0 atom stereocenters. The van der Waals surface area contributed by atoms with E-state index in [1.54, 1.807) is 0 Å². The summed E-state index contributed by atoms with van der Waals surface area (Å²) in [4.78, 5) is 4.44. The van der Waals surface area contributed by atoms with Gasteiger partial charge < -0.3 is 15.1 Å². The Labute approximate surface area is 93.8 Å². The molecule has 3 nitrogen and oxygen atoms in total. The lowest BCUT2D eigenvalue weighted by molar-refractivity contribution is 0.219. The highest BCUT2D eigenvalue weighted by atomic mass is 15.2. The zero-order chi connectivity index (χ0) is 11.5. The van der Waals surface area contributed by atoms with Gasteiger partial charge in [0.25, 0.3) is 0 Å². The van der Waals surface area contributed by atoms with Gasteiger partial charge in [-0.3, -0.25) is 0 Å². The van der Waals surface area contributed by atoms with Crippen molar-refractivity contribution in [1.29, 1.82) is 0 Å². The average Bonchev–Trinajstić information content (AvgIpc) is 2.31. The fourth-order valence-electron chi connectivity index (χ4n) is 1.25. The monoisotopic (exact) mass is 209 g/mol. The highest BCUT2D eigenvalue weighted by Gasteiger charge is 2.08. The summed E-state index contributed by atoms with van der Waals surface area (Å²) < 4.78 is 0. The van der Waals surface area contributed by atoms with Crippen molar-refractivity contribution in [1.82, 2.24) is 15.1 Å². The quantitative estimate of drug-likeness (QED) is 0.704. The summed E-state index contributed by atoms with van der Waals surface area (Å²) in [6, 6.07) is 0. The molecule has 0 unspecified atom stereocenters. The molecular formula is C12H23N3. The van der Waals surface area contributed by atoms with Crippen LogP contribution in [0.25, 0.3) is 0 Å². The third-order valence-corrected chi connectivity index (χ3v) is 2.21. The van der Waals surface area contributed by atoms with Crippen LogP contribution in [0.15, 0.2) is 38.2 Å². The summed E-state index contributed by atoms with van der Waals surface area (Å²) >= 11 is 0. The second kappa shape index (κ2) is 9.34. The molecule has 0 amide bonds. The van der Waals surface area contributed by atoms with E-state index in [0.29, 0.717) is 0 Å². The Kier molecular flexibility index (Phi) is 8.58. The van der Waals surface area contributed by atoms with E-state index < -0.39 is 0 Å². The molecule has 1 fully saturated rings. The summed E-state index contributed by atoms with van der Waals surface area (Å²) in [7, 11) is 1.89. The zero-order valence-electron chi connectivity index (χ0n) is 9.78. The Hall–Kier alpha value is -1.22. The molecular weight excluding hydrogens is 186 g/mol. The molecule has 86 valence electrons. The van der Waals surface area contributed by atoms with Gasteiger partial charge in [-0.15, -0.1) is 6.58 Å². The predicted octanol–water partition coefficient (Wildman–Crippen LogP) is 1.28. The number of nitrogens with zero attached hydrogens (tertiary/aromatic N) is 2. The molecule has 0 saturated carbocycles. The Balaban J connectivity index is 0.000000336. The first-order valence-corrected chi connectivity index (χ1v) is 5.27. The van der Waals surface area contributed by atoms with Gasteiger partial charge in [0.2, 0.25) is 0 Å². The van der Waals surface area contributed by atoms with Crippen molar-refractivity contribution in [2.75, 3.05) is 39.8 Å². The van der Waals surface area contributed by atoms with E-state index in [1.165, 1.54) is 0 Å². The van der Waals surface area contributed by atoms with E-state index in [0.717, 1.165) is 32.7 Å². The molecule has 3 heteroatoms. The lowest BCUT2D eigenvalue weighted by Gasteiger charge is -2.32. The van der Waals surface area contributed by atoms with Crippen LogP contribution in [0.5, 0.6) is 0 Å². The van der Waals surface area contributed by atoms with Crippen molar-refractivity contribution < 1.29 is 0 Å². The number of rotatable bonds is 4. The summed E-state index contributed by atoms with van der Waals surface area (Å²) in [6.07, 6.45) is 5.63. The Bertz CT molecular complexity index is 165. The lowest BCUT2D eigenvalue weighted by Crippen LogP contribution is -2.40. The summed E-state index contributed by atoms with van der Waals surface area (Å²) in [5.74, 6) is 0. The standard InChI is InChI=1S/C8H14N2.C4H9N/c1-3-9-5-7-10(4-2)8-6-9;1-3-4-5-2/h3-4H,1-2,5-8H2;3,5H,1,4H2,2H3. The average molecular weight is 209 g/mol. The van der Waals surface area contributed by atoms with Gasteiger partial charge in [-0.05, 0) is 19.4 Å². The Morgan fingerprint density at radius 3 is 1.53 bits per heavy atom. The highest BCUT2D eigenvalue weighted by Crippen LogP contribution is 2.00. The van der Waals surface area contributed by atoms with Gasteiger partial charge in [0.05, 0.1) is 0 Å². The molecule has 1 aliphatic rings. The molecule has 15 heavy (non-hydrogen) atoms. The Morgan fingerprint density at radius 2 is 1.40 bits per heavy atom. The molecule has 1 rings (SSSR count). The van der Waals surface area contributed by atoms with E-state index in [1.807, 2.05) is 25.5 Å². The minimum absolute atomic E-state index is 0.903. The molecule has 0 bridgehead atoms. The van der Waals surface area contributed by atoms with Crippen LogP contribution in [0.1, 0.15) is 0 Å². The van der Waals surface area contributed by atoms with Crippen LogP contribution in [-0.2, 0) is 0 Å². The second-order valence-corrected chi connectivity index (χ2v) is 3.28. The van der Waals surface area contributed by atoms with Crippen molar-refractivity contribution in [2.45, 2.75) is 0 Å². The van der Waals surface area contributed by atoms with Crippen molar-refractivity contribution in [3.05, 3.63) is 38.2 Å². The number of nitrogens with one attached hydrogen (secondary N) is 1. The molecule has 0 aromatic rings. The first-order chi connectivity index (χ1) is 7.28. The SMILES string of the molecule is C=CCNC.C=CN1CCN(C=C)CC1. The highest BCUT2D eigenvalue weighted by molar-refractivity contribution is 4.82. The van der Waals surface area contributed by atoms with Crippen molar-refractivity contribution >= 4 is 0 Å². The third kappa shape index (κ3) is 6.80. The number of hydrogen-bond acceptors (Lipinski definition) is 3. The largest absolute Gasteiger partial charge is 0.374 e. The van der Waals surface area contributed by atoms with E-state index in [9.17, 15) is 0 Å². The van der Waals surface area contributed by atoms with E-state index in [-0.39, 0.29) is 0 Å². The third-order valence-electron chi connectivity index (χ3n) is 2.21. The van der Waals surface area contributed by atoms with Crippen LogP contribution < -0.4 is 5.32 Å². The van der Waals surface area contributed by atoms with Gasteiger partial charge in [0, 0.05) is 32.7 Å². The summed E-state index contributed by atoms with van der Waals surface area (Å²) in [5, 5.41) is 2.90. The van der Waals surface area contributed by atoms with Crippen molar-refractivity contribution in [2.24, 2.45) is 0 Å². The zero-order valence-corrected chi connectivity index (χ0v) is 9.78. The number of hydrogen-bond donors (Lipinski definition) is 1. The fraction of sp³-hybridized carbons (Fsp3) is 0.500. The fourth-order valence-corrected chi connectivity index (χ4v) is 1.25.